The van der Waals surface area contributed by atoms with Crippen LogP contribution in [0.3, 0.4) is 0 Å². The van der Waals surface area contributed by atoms with E-state index in [2.05, 4.69) is 53.5 Å². The van der Waals surface area contributed by atoms with Gasteiger partial charge in [0, 0.05) is 24.9 Å². The molecule has 1 fully saturated rings. The van der Waals surface area contributed by atoms with Gasteiger partial charge in [-0.25, -0.2) is 0 Å². The fourth-order valence-electron chi connectivity index (χ4n) is 4.00. The first kappa shape index (κ1) is 24.9. The number of carbonyl (C=O) groups is 3. The van der Waals surface area contributed by atoms with Crippen LogP contribution in [0.1, 0.15) is 76.3 Å². The second-order valence-corrected chi connectivity index (χ2v) is 9.04. The SMILES string of the molecule is COC(=O)C(C)CNC(=O)C1CCC(NC(=O)CCCc2ccc(C(C)C)cc2)CC1. The number of ether oxygens (including phenoxy) is 1. The summed E-state index contributed by atoms with van der Waals surface area (Å²) < 4.78 is 4.68. The number of nitrogens with one attached hydrogen (secondary N) is 2. The van der Waals surface area contributed by atoms with E-state index in [4.69, 9.17) is 0 Å². The van der Waals surface area contributed by atoms with E-state index in [9.17, 15) is 14.4 Å². The van der Waals surface area contributed by atoms with E-state index in [1.54, 1.807) is 6.92 Å². The van der Waals surface area contributed by atoms with Crippen LogP contribution in [0.2, 0.25) is 0 Å². The molecule has 2 N–H and O–H groups in total. The number of hydrogen-bond acceptors (Lipinski definition) is 4. The van der Waals surface area contributed by atoms with E-state index in [0.29, 0.717) is 18.9 Å². The third kappa shape index (κ3) is 8.35. The molecule has 6 heteroatoms. The Bertz CT molecular complexity index is 722. The van der Waals surface area contributed by atoms with Gasteiger partial charge in [0.1, 0.15) is 0 Å². The van der Waals surface area contributed by atoms with Crippen molar-refractivity contribution in [2.24, 2.45) is 11.8 Å². The molecule has 1 aliphatic carbocycles. The van der Waals surface area contributed by atoms with Crippen LogP contribution in [0.25, 0.3) is 0 Å². The Morgan fingerprint density at radius 1 is 1.03 bits per heavy atom. The quantitative estimate of drug-likeness (QED) is 0.554. The summed E-state index contributed by atoms with van der Waals surface area (Å²) in [6.07, 6.45) is 5.40. The summed E-state index contributed by atoms with van der Waals surface area (Å²) in [7, 11) is 1.35. The molecule has 1 atom stereocenters. The lowest BCUT2D eigenvalue weighted by atomic mass is 9.85. The van der Waals surface area contributed by atoms with Crippen LogP contribution in [-0.2, 0) is 25.5 Å². The van der Waals surface area contributed by atoms with Gasteiger partial charge in [-0.3, -0.25) is 14.4 Å². The Labute approximate surface area is 186 Å². The Balaban J connectivity index is 1.62. The van der Waals surface area contributed by atoms with Gasteiger partial charge in [-0.15, -0.1) is 0 Å². The molecule has 0 spiro atoms. The maximum atomic E-state index is 12.3. The predicted molar refractivity (Wildman–Crippen MR) is 122 cm³/mol. The van der Waals surface area contributed by atoms with Gasteiger partial charge in [-0.2, -0.15) is 0 Å². The summed E-state index contributed by atoms with van der Waals surface area (Å²) in [6, 6.07) is 8.81. The van der Waals surface area contributed by atoms with Gasteiger partial charge in [0.2, 0.25) is 11.8 Å². The van der Waals surface area contributed by atoms with Crippen molar-refractivity contribution in [3.05, 3.63) is 35.4 Å². The molecule has 1 aromatic rings. The molecule has 31 heavy (non-hydrogen) atoms. The van der Waals surface area contributed by atoms with Crippen molar-refractivity contribution in [1.82, 2.24) is 10.6 Å². The Morgan fingerprint density at radius 3 is 2.26 bits per heavy atom. The van der Waals surface area contributed by atoms with Gasteiger partial charge in [0.15, 0.2) is 0 Å². The molecule has 2 rings (SSSR count). The average molecular weight is 431 g/mol. The fraction of sp³-hybridized carbons (Fsp3) is 0.640. The minimum absolute atomic E-state index is 0.0102. The molecule has 0 aliphatic heterocycles. The Kier molecular flexibility index (Phi) is 10.0. The molecule has 0 heterocycles. The van der Waals surface area contributed by atoms with Crippen molar-refractivity contribution in [3.63, 3.8) is 0 Å². The van der Waals surface area contributed by atoms with Crippen molar-refractivity contribution >= 4 is 17.8 Å². The van der Waals surface area contributed by atoms with Gasteiger partial charge in [0.05, 0.1) is 13.0 Å². The maximum absolute atomic E-state index is 12.3. The van der Waals surface area contributed by atoms with Crippen LogP contribution in [0.4, 0.5) is 0 Å². The first-order valence-electron chi connectivity index (χ1n) is 11.5. The number of amides is 2. The molecule has 0 radical (unpaired) electrons. The van der Waals surface area contributed by atoms with E-state index >= 15 is 0 Å². The van der Waals surface area contributed by atoms with Gasteiger partial charge in [-0.1, -0.05) is 45.0 Å². The Hall–Kier alpha value is -2.37. The minimum Gasteiger partial charge on any atom is -0.469 e. The first-order valence-corrected chi connectivity index (χ1v) is 11.5. The average Bonchev–Trinajstić information content (AvgIpc) is 2.77. The summed E-state index contributed by atoms with van der Waals surface area (Å²) in [5.41, 5.74) is 2.61. The molecule has 0 bridgehead atoms. The van der Waals surface area contributed by atoms with Crippen LogP contribution in [0, 0.1) is 11.8 Å². The molecule has 1 saturated carbocycles. The molecule has 0 saturated heterocycles. The van der Waals surface area contributed by atoms with E-state index in [1.807, 2.05) is 0 Å². The van der Waals surface area contributed by atoms with Gasteiger partial charge in [-0.05, 0) is 55.6 Å². The summed E-state index contributed by atoms with van der Waals surface area (Å²) in [5.74, 6) is -0.101. The van der Waals surface area contributed by atoms with Crippen molar-refractivity contribution in [1.29, 1.82) is 0 Å². The largest absolute Gasteiger partial charge is 0.469 e. The van der Waals surface area contributed by atoms with Crippen LogP contribution in [-0.4, -0.2) is 37.5 Å². The molecule has 6 nitrogen and oxygen atoms in total. The number of esters is 1. The summed E-state index contributed by atoms with van der Waals surface area (Å²) in [6.45, 7) is 6.40. The molecule has 2 amide bonds. The van der Waals surface area contributed by atoms with Crippen LogP contribution >= 0.6 is 0 Å². The van der Waals surface area contributed by atoms with Crippen molar-refractivity contribution in [2.75, 3.05) is 13.7 Å². The number of aryl methyl sites for hydroxylation is 1. The topological polar surface area (TPSA) is 84.5 Å². The van der Waals surface area contributed by atoms with E-state index in [0.717, 1.165) is 38.5 Å². The molecular formula is C25H38N2O4. The zero-order chi connectivity index (χ0) is 22.8. The highest BCUT2D eigenvalue weighted by atomic mass is 16.5. The van der Waals surface area contributed by atoms with Gasteiger partial charge in [0.25, 0.3) is 0 Å². The van der Waals surface area contributed by atoms with Crippen molar-refractivity contribution < 1.29 is 19.1 Å². The normalized spacial score (nSPS) is 19.5. The number of benzene rings is 1. The van der Waals surface area contributed by atoms with E-state index in [-0.39, 0.29) is 35.7 Å². The van der Waals surface area contributed by atoms with Crippen molar-refractivity contribution in [2.45, 2.75) is 77.7 Å². The minimum atomic E-state index is -0.349. The van der Waals surface area contributed by atoms with Gasteiger partial charge >= 0.3 is 5.97 Å². The molecule has 1 aromatic carbocycles. The second-order valence-electron chi connectivity index (χ2n) is 9.04. The van der Waals surface area contributed by atoms with Crippen LogP contribution < -0.4 is 10.6 Å². The molecule has 0 aromatic heterocycles. The third-order valence-corrected chi connectivity index (χ3v) is 6.16. The third-order valence-electron chi connectivity index (χ3n) is 6.16. The maximum Gasteiger partial charge on any atom is 0.310 e. The lowest BCUT2D eigenvalue weighted by Gasteiger charge is -2.28. The van der Waals surface area contributed by atoms with Gasteiger partial charge < -0.3 is 15.4 Å². The fourth-order valence-corrected chi connectivity index (χ4v) is 4.00. The van der Waals surface area contributed by atoms with E-state index in [1.165, 1.54) is 18.2 Å². The summed E-state index contributed by atoms with van der Waals surface area (Å²) >= 11 is 0. The monoisotopic (exact) mass is 430 g/mol. The molecular weight excluding hydrogens is 392 g/mol. The zero-order valence-corrected chi connectivity index (χ0v) is 19.4. The first-order chi connectivity index (χ1) is 14.8. The lowest BCUT2D eigenvalue weighted by molar-refractivity contribution is -0.144. The molecule has 1 aliphatic rings. The number of methoxy groups -OCH3 is 1. The number of hydrogen-bond donors (Lipinski definition) is 2. The summed E-state index contributed by atoms with van der Waals surface area (Å²) in [5, 5.41) is 5.98. The molecule has 1 unspecified atom stereocenters. The zero-order valence-electron chi connectivity index (χ0n) is 19.4. The highest BCUT2D eigenvalue weighted by Gasteiger charge is 2.27. The smallest absolute Gasteiger partial charge is 0.310 e. The predicted octanol–water partition coefficient (Wildman–Crippen LogP) is 3.73. The standard InChI is InChI=1S/C25H38N2O4/c1-17(2)20-10-8-19(9-11-20)6-5-7-23(28)27-22-14-12-21(13-15-22)24(29)26-16-18(3)25(30)31-4/h8-11,17-18,21-22H,5-7,12-16H2,1-4H3,(H,26,29)(H,27,28). The van der Waals surface area contributed by atoms with Crippen LogP contribution in [0.15, 0.2) is 24.3 Å². The number of rotatable bonds is 10. The highest BCUT2D eigenvalue weighted by molar-refractivity contribution is 5.80. The number of carbonyl (C=O) groups excluding carboxylic acids is 3. The lowest BCUT2D eigenvalue weighted by Crippen LogP contribution is -2.42. The molecule has 172 valence electrons. The summed E-state index contributed by atoms with van der Waals surface area (Å²) in [4.78, 5) is 36.0. The Morgan fingerprint density at radius 2 is 1.68 bits per heavy atom. The van der Waals surface area contributed by atoms with Crippen LogP contribution in [0.5, 0.6) is 0 Å². The van der Waals surface area contributed by atoms with E-state index < -0.39 is 0 Å². The van der Waals surface area contributed by atoms with Crippen molar-refractivity contribution in [3.8, 4) is 0 Å². The second kappa shape index (κ2) is 12.5. The highest BCUT2D eigenvalue weighted by Crippen LogP contribution is 2.24.